The van der Waals surface area contributed by atoms with E-state index >= 15 is 0 Å². The smallest absolute Gasteiger partial charge is 0.176 e. The highest BCUT2D eigenvalue weighted by Gasteiger charge is 2.29. The first-order valence-corrected chi connectivity index (χ1v) is 11.7. The number of Topliss-reactive ketones (excluding diaryl/α,β-unsaturated/α-hetero) is 2. The molecule has 0 saturated carbocycles. The molecule has 0 N–H and O–H groups in total. The molecule has 2 unspecified atom stereocenters. The van der Waals surface area contributed by atoms with Crippen LogP contribution in [0.15, 0.2) is 30.3 Å². The van der Waals surface area contributed by atoms with Crippen LogP contribution in [-0.2, 0) is 17.8 Å². The van der Waals surface area contributed by atoms with E-state index < -0.39 is 0 Å². The zero-order valence-corrected chi connectivity index (χ0v) is 18.1. The number of halogens is 1. The molecule has 0 saturated heterocycles. The lowest BCUT2D eigenvalue weighted by Crippen LogP contribution is -2.23. The summed E-state index contributed by atoms with van der Waals surface area (Å²) in [5, 5.41) is 0. The van der Waals surface area contributed by atoms with Gasteiger partial charge in [0.1, 0.15) is 12.4 Å². The number of ketones is 2. The molecule has 1 aliphatic heterocycles. The van der Waals surface area contributed by atoms with Crippen LogP contribution in [0.2, 0.25) is 0 Å². The average Bonchev–Trinajstić information content (AvgIpc) is 2.72. The SMILES string of the molecule is CPC(=O)CCC(=O)c1ccc2c(c1)COc1cc3c(cc1-2)CCC(Br)C3=O. The van der Waals surface area contributed by atoms with E-state index in [1.54, 1.807) is 0 Å². The molecule has 4 rings (SSSR count). The minimum atomic E-state index is -0.123. The van der Waals surface area contributed by atoms with Crippen LogP contribution in [0.5, 0.6) is 5.75 Å². The Kier molecular flexibility index (Phi) is 5.48. The van der Waals surface area contributed by atoms with E-state index in [1.807, 2.05) is 30.9 Å². The molecule has 2 aromatic carbocycles. The number of rotatable bonds is 5. The Bertz CT molecular complexity index is 998. The fourth-order valence-electron chi connectivity index (χ4n) is 3.77. The van der Waals surface area contributed by atoms with Crippen molar-refractivity contribution in [2.24, 2.45) is 0 Å². The number of aryl methyl sites for hydroxylation is 1. The second kappa shape index (κ2) is 7.88. The number of carbonyl (C=O) groups excluding carboxylic acids is 3. The highest BCUT2D eigenvalue weighted by atomic mass is 79.9. The molecule has 0 spiro atoms. The number of benzene rings is 2. The Hall–Kier alpha value is -1.84. The van der Waals surface area contributed by atoms with Gasteiger partial charge < -0.3 is 4.74 Å². The van der Waals surface area contributed by atoms with Crippen molar-refractivity contribution in [2.45, 2.75) is 37.1 Å². The van der Waals surface area contributed by atoms with E-state index in [0.717, 1.165) is 46.4 Å². The highest BCUT2D eigenvalue weighted by molar-refractivity contribution is 9.10. The molecule has 1 heterocycles. The molecular formula is C22H20BrO4P. The van der Waals surface area contributed by atoms with E-state index in [2.05, 4.69) is 22.0 Å². The molecular weight excluding hydrogens is 439 g/mol. The Morgan fingerprint density at radius 3 is 2.71 bits per heavy atom. The largest absolute Gasteiger partial charge is 0.488 e. The van der Waals surface area contributed by atoms with Crippen molar-refractivity contribution in [3.8, 4) is 16.9 Å². The van der Waals surface area contributed by atoms with Gasteiger partial charge >= 0.3 is 0 Å². The second-order valence-corrected chi connectivity index (χ2v) is 9.30. The van der Waals surface area contributed by atoms with Crippen LogP contribution in [0.3, 0.4) is 0 Å². The van der Waals surface area contributed by atoms with Gasteiger partial charge in [0.15, 0.2) is 17.1 Å². The number of alkyl halides is 1. The summed E-state index contributed by atoms with van der Waals surface area (Å²) in [4.78, 5) is 36.2. The van der Waals surface area contributed by atoms with Crippen LogP contribution in [0.25, 0.3) is 11.1 Å². The highest BCUT2D eigenvalue weighted by Crippen LogP contribution is 2.41. The molecule has 28 heavy (non-hydrogen) atoms. The van der Waals surface area contributed by atoms with Gasteiger partial charge in [0.25, 0.3) is 0 Å². The molecule has 2 aromatic rings. The topological polar surface area (TPSA) is 60.4 Å². The molecule has 144 valence electrons. The lowest BCUT2D eigenvalue weighted by atomic mass is 9.85. The zero-order chi connectivity index (χ0) is 19.8. The summed E-state index contributed by atoms with van der Waals surface area (Å²) in [7, 11) is 0.234. The Labute approximate surface area is 174 Å². The van der Waals surface area contributed by atoms with Crippen LogP contribution >= 0.6 is 24.5 Å². The maximum absolute atomic E-state index is 12.4. The van der Waals surface area contributed by atoms with Gasteiger partial charge in [0, 0.05) is 29.5 Å². The van der Waals surface area contributed by atoms with Gasteiger partial charge in [0.2, 0.25) is 0 Å². The van der Waals surface area contributed by atoms with Gasteiger partial charge in [-0.25, -0.2) is 0 Å². The standard InChI is InChI=1S/C22H20BrO4P/c1-28-21(25)7-6-19(24)13-2-4-15-14(8-13)11-27-20-10-16-12(9-17(15)20)3-5-18(23)22(16)26/h2,4,8-10,18,28H,3,5-7,11H2,1H3. The van der Waals surface area contributed by atoms with Gasteiger partial charge in [0.05, 0.1) is 4.83 Å². The summed E-state index contributed by atoms with van der Waals surface area (Å²) >= 11 is 3.45. The minimum absolute atomic E-state index is 0.0143. The minimum Gasteiger partial charge on any atom is -0.488 e. The van der Waals surface area contributed by atoms with Crippen molar-refractivity contribution < 1.29 is 19.1 Å². The predicted octanol–water partition coefficient (Wildman–Crippen LogP) is 4.94. The number of hydrogen-bond acceptors (Lipinski definition) is 4. The summed E-state index contributed by atoms with van der Waals surface area (Å²) in [5.41, 5.74) is 5.52. The second-order valence-electron chi connectivity index (χ2n) is 7.13. The van der Waals surface area contributed by atoms with Gasteiger partial charge in [-0.3, -0.25) is 14.4 Å². The monoisotopic (exact) mass is 458 g/mol. The third-order valence-corrected chi connectivity index (χ3v) is 7.06. The lowest BCUT2D eigenvalue weighted by Gasteiger charge is -2.26. The van der Waals surface area contributed by atoms with Crippen molar-refractivity contribution in [3.05, 3.63) is 52.6 Å². The van der Waals surface area contributed by atoms with Crippen LogP contribution in [0.1, 0.15) is 51.1 Å². The molecule has 0 aromatic heterocycles. The number of ether oxygens (including phenoxy) is 1. The molecule has 0 bridgehead atoms. The van der Waals surface area contributed by atoms with Gasteiger partial charge in [-0.15, -0.1) is 0 Å². The van der Waals surface area contributed by atoms with E-state index in [1.165, 1.54) is 0 Å². The van der Waals surface area contributed by atoms with Crippen LogP contribution in [0.4, 0.5) is 0 Å². The van der Waals surface area contributed by atoms with E-state index in [-0.39, 0.29) is 36.9 Å². The third-order valence-electron chi connectivity index (χ3n) is 5.38. The van der Waals surface area contributed by atoms with Crippen LogP contribution < -0.4 is 4.74 Å². The molecule has 4 nitrogen and oxygen atoms in total. The zero-order valence-electron chi connectivity index (χ0n) is 15.5. The molecule has 1 aliphatic carbocycles. The maximum Gasteiger partial charge on any atom is 0.176 e. The molecule has 0 radical (unpaired) electrons. The van der Waals surface area contributed by atoms with E-state index in [9.17, 15) is 14.4 Å². The van der Waals surface area contributed by atoms with Crippen molar-refractivity contribution >= 4 is 41.6 Å². The fraction of sp³-hybridized carbons (Fsp3) is 0.318. The van der Waals surface area contributed by atoms with E-state index in [4.69, 9.17) is 4.74 Å². The molecule has 0 fully saturated rings. The van der Waals surface area contributed by atoms with Crippen LogP contribution in [0, 0.1) is 0 Å². The molecule has 0 amide bonds. The Balaban J connectivity index is 1.64. The number of hydrogen-bond donors (Lipinski definition) is 0. The predicted molar refractivity (Wildman–Crippen MR) is 114 cm³/mol. The normalized spacial score (nSPS) is 17.6. The first-order valence-electron chi connectivity index (χ1n) is 9.33. The van der Waals surface area contributed by atoms with E-state index in [0.29, 0.717) is 18.6 Å². The Morgan fingerprint density at radius 2 is 1.93 bits per heavy atom. The molecule has 6 heteroatoms. The van der Waals surface area contributed by atoms with Crippen molar-refractivity contribution in [1.29, 1.82) is 0 Å². The maximum atomic E-state index is 12.4. The number of carbonyl (C=O) groups is 3. The first-order chi connectivity index (χ1) is 13.5. The lowest BCUT2D eigenvalue weighted by molar-refractivity contribution is -0.111. The van der Waals surface area contributed by atoms with Crippen molar-refractivity contribution in [1.82, 2.24) is 0 Å². The van der Waals surface area contributed by atoms with Crippen molar-refractivity contribution in [3.63, 3.8) is 0 Å². The van der Waals surface area contributed by atoms with Gasteiger partial charge in [-0.2, -0.15) is 0 Å². The van der Waals surface area contributed by atoms with Crippen LogP contribution in [-0.4, -0.2) is 28.6 Å². The van der Waals surface area contributed by atoms with Gasteiger partial charge in [-0.1, -0.05) is 36.6 Å². The molecule has 2 atom stereocenters. The summed E-state index contributed by atoms with van der Waals surface area (Å²) in [5.74, 6) is 0.816. The Morgan fingerprint density at radius 1 is 1.11 bits per heavy atom. The molecule has 2 aliphatic rings. The first kappa shape index (κ1) is 19.5. The quantitative estimate of drug-likeness (QED) is 0.361. The number of fused-ring (bicyclic) bond motifs is 4. The third kappa shape index (κ3) is 3.58. The fourth-order valence-corrected chi connectivity index (χ4v) is 4.62. The van der Waals surface area contributed by atoms with Gasteiger partial charge in [-0.05, 0) is 54.4 Å². The average molecular weight is 459 g/mol. The summed E-state index contributed by atoms with van der Waals surface area (Å²) in [6.45, 7) is 2.20. The summed E-state index contributed by atoms with van der Waals surface area (Å²) in [6.07, 6.45) is 2.20. The summed E-state index contributed by atoms with van der Waals surface area (Å²) in [6, 6.07) is 9.57. The van der Waals surface area contributed by atoms with Crippen molar-refractivity contribution in [2.75, 3.05) is 6.66 Å². The summed E-state index contributed by atoms with van der Waals surface area (Å²) < 4.78 is 5.92.